The smallest absolute Gasteiger partial charge is 0.387 e. The molecule has 1 amide bonds. The van der Waals surface area contributed by atoms with Gasteiger partial charge in [-0.25, -0.2) is 4.79 Å². The molecule has 2 rings (SSSR count). The quantitative estimate of drug-likeness (QED) is 0.550. The van der Waals surface area contributed by atoms with E-state index >= 15 is 0 Å². The van der Waals surface area contributed by atoms with Gasteiger partial charge in [-0.05, 0) is 0 Å². The number of amides is 1. The predicted molar refractivity (Wildman–Crippen MR) is 36.8 cm³/mol. The summed E-state index contributed by atoms with van der Waals surface area (Å²) in [5.74, 6) is -0.879. The van der Waals surface area contributed by atoms with Crippen LogP contribution >= 0.6 is 0 Å². The largest absolute Gasteiger partial charge is 0.740 e. The first-order valence-corrected chi connectivity index (χ1v) is 4.08. The highest BCUT2D eigenvalue weighted by molar-refractivity contribution is 6.52. The van der Waals surface area contributed by atoms with Crippen molar-refractivity contribution in [3.8, 4) is 0 Å². The molecule has 2 aliphatic rings. The molecular formula is C6H9BF3NO. The van der Waals surface area contributed by atoms with Crippen molar-refractivity contribution < 1.29 is 22.1 Å². The van der Waals surface area contributed by atoms with Gasteiger partial charge in [0.25, 0.3) is 5.91 Å². The summed E-state index contributed by atoms with van der Waals surface area (Å²) in [7, 11) is -5.02. The van der Waals surface area contributed by atoms with E-state index in [0.29, 0.717) is 12.8 Å². The highest BCUT2D eigenvalue weighted by atomic mass is 19.4. The molecule has 0 radical (unpaired) electrons. The Bertz CT molecular complexity index is 231. The third kappa shape index (κ3) is 0.735. The Balaban J connectivity index is 2.38. The van der Waals surface area contributed by atoms with E-state index in [-0.39, 0.29) is 19.0 Å². The third-order valence-electron chi connectivity index (χ3n) is 3.10. The van der Waals surface area contributed by atoms with Crippen LogP contribution < -0.4 is 0 Å². The van der Waals surface area contributed by atoms with Crippen LogP contribution in [0.5, 0.6) is 0 Å². The Kier molecular flexibility index (Phi) is 1.38. The number of hydrogen-bond acceptors (Lipinski definition) is 1. The van der Waals surface area contributed by atoms with E-state index in [1.807, 2.05) is 0 Å². The normalized spacial score (nSPS) is 40.9. The lowest BCUT2D eigenvalue weighted by atomic mass is 10.00. The molecular weight excluding hydrogens is 170 g/mol. The molecule has 0 aromatic rings. The maximum absolute atomic E-state index is 12.5. The summed E-state index contributed by atoms with van der Waals surface area (Å²) in [6, 6.07) is 0. The van der Waals surface area contributed by atoms with Crippen LogP contribution in [0.2, 0.25) is 0 Å². The van der Waals surface area contributed by atoms with Crippen molar-refractivity contribution in [2.45, 2.75) is 12.8 Å². The van der Waals surface area contributed by atoms with Crippen LogP contribution in [0.15, 0.2) is 0 Å². The van der Waals surface area contributed by atoms with Crippen molar-refractivity contribution in [2.75, 3.05) is 13.1 Å². The summed E-state index contributed by atoms with van der Waals surface area (Å²) < 4.78 is 36.3. The molecule has 0 aliphatic carbocycles. The van der Waals surface area contributed by atoms with Gasteiger partial charge in [-0.2, -0.15) is 0 Å². The Morgan fingerprint density at radius 3 is 1.92 bits per heavy atom. The minimum atomic E-state index is -5.02. The third-order valence-corrected chi connectivity index (χ3v) is 3.10. The van der Waals surface area contributed by atoms with Gasteiger partial charge in [0.1, 0.15) is 0 Å². The van der Waals surface area contributed by atoms with Crippen molar-refractivity contribution in [2.24, 2.45) is 5.92 Å². The summed E-state index contributed by atoms with van der Waals surface area (Å²) in [5.41, 5.74) is 0. The Morgan fingerprint density at radius 1 is 1.25 bits per heavy atom. The second-order valence-corrected chi connectivity index (χ2v) is 3.63. The van der Waals surface area contributed by atoms with Crippen LogP contribution in [0.4, 0.5) is 12.9 Å². The highest BCUT2D eigenvalue weighted by Gasteiger charge is 2.65. The fraction of sp³-hybridized carbons (Fsp3) is 0.833. The van der Waals surface area contributed by atoms with Gasteiger partial charge in [0.05, 0.1) is 19.0 Å². The van der Waals surface area contributed by atoms with E-state index < -0.39 is 17.4 Å². The molecule has 2 fully saturated rings. The Hall–Kier alpha value is -0.515. The second-order valence-electron chi connectivity index (χ2n) is 3.63. The Labute approximate surface area is 68.0 Å². The van der Waals surface area contributed by atoms with Gasteiger partial charge in [0, 0.05) is 12.8 Å². The standard InChI is InChI=1S/C6H9BF3NO/c8-7(9,10)11-3-1-5(2-4-11)6(11)12/h5H,1-4H2. The van der Waals surface area contributed by atoms with Crippen LogP contribution in [-0.4, -0.2) is 30.5 Å². The van der Waals surface area contributed by atoms with Gasteiger partial charge in [-0.3, -0.25) is 0 Å². The molecule has 0 unspecified atom stereocenters. The number of rotatable bonds is 1. The molecule has 0 spiro atoms. The number of nitrogens with zero attached hydrogens (tertiary/aromatic N) is 1. The zero-order valence-corrected chi connectivity index (χ0v) is 6.47. The van der Waals surface area contributed by atoms with E-state index in [0.717, 1.165) is 0 Å². The first kappa shape index (κ1) is 8.10. The van der Waals surface area contributed by atoms with Crippen molar-refractivity contribution >= 4 is 13.0 Å². The topological polar surface area (TPSA) is 17.1 Å². The van der Waals surface area contributed by atoms with E-state index in [1.165, 1.54) is 0 Å². The summed E-state index contributed by atoms with van der Waals surface area (Å²) in [6.07, 6.45) is 0.861. The molecule has 2 bridgehead atoms. The average molecular weight is 179 g/mol. The molecule has 0 N–H and O–H groups in total. The lowest BCUT2D eigenvalue weighted by molar-refractivity contribution is -0.761. The SMILES string of the molecule is O=C1C2CC[N+]1([B-](F)(F)F)CC2. The van der Waals surface area contributed by atoms with E-state index in [2.05, 4.69) is 0 Å². The molecule has 12 heavy (non-hydrogen) atoms. The molecule has 68 valence electrons. The number of carbonyl (C=O) groups is 1. The number of piperidine rings is 1. The molecule has 0 atom stereocenters. The van der Waals surface area contributed by atoms with E-state index in [4.69, 9.17) is 0 Å². The van der Waals surface area contributed by atoms with Gasteiger partial charge in [-0.15, -0.1) is 0 Å². The summed E-state index contributed by atoms with van der Waals surface area (Å²) >= 11 is 0. The first-order valence-electron chi connectivity index (χ1n) is 4.08. The highest BCUT2D eigenvalue weighted by Crippen LogP contribution is 2.43. The number of carbonyl (C=O) groups excluding carboxylic acids is 1. The van der Waals surface area contributed by atoms with Crippen LogP contribution in [0.3, 0.4) is 0 Å². The molecule has 0 aromatic heterocycles. The van der Waals surface area contributed by atoms with E-state index in [1.54, 1.807) is 0 Å². The van der Waals surface area contributed by atoms with Gasteiger partial charge < -0.3 is 17.3 Å². The average Bonchev–Trinajstić information content (AvgIpc) is 2.45. The minimum absolute atomic E-state index is 0.00694. The molecule has 0 aromatic carbocycles. The molecule has 0 saturated carbocycles. The van der Waals surface area contributed by atoms with Crippen LogP contribution in [0.25, 0.3) is 0 Å². The van der Waals surface area contributed by atoms with Gasteiger partial charge in [0.2, 0.25) is 0 Å². The lowest BCUT2D eigenvalue weighted by Crippen LogP contribution is -2.61. The monoisotopic (exact) mass is 179 g/mol. The van der Waals surface area contributed by atoms with Gasteiger partial charge in [0.15, 0.2) is 0 Å². The molecule has 2 nitrogen and oxygen atoms in total. The zero-order valence-electron chi connectivity index (χ0n) is 6.47. The summed E-state index contributed by atoms with van der Waals surface area (Å²) in [6.45, 7) is -0.0139. The molecule has 2 heterocycles. The zero-order chi connectivity index (χ0) is 8.98. The lowest BCUT2D eigenvalue weighted by Gasteiger charge is -2.38. The number of fused-ring (bicyclic) bond motifs is 2. The Morgan fingerprint density at radius 2 is 1.75 bits per heavy atom. The van der Waals surface area contributed by atoms with Crippen LogP contribution in [0, 0.1) is 5.92 Å². The van der Waals surface area contributed by atoms with Crippen molar-refractivity contribution in [1.82, 2.24) is 0 Å². The molecule has 6 heteroatoms. The summed E-state index contributed by atoms with van der Waals surface area (Å²) in [4.78, 5) is 11.2. The number of hydrogen-bond donors (Lipinski definition) is 0. The number of halogens is 3. The fourth-order valence-electron chi connectivity index (χ4n) is 2.30. The molecule has 2 aliphatic heterocycles. The second kappa shape index (κ2) is 2.04. The van der Waals surface area contributed by atoms with Crippen molar-refractivity contribution in [3.05, 3.63) is 0 Å². The van der Waals surface area contributed by atoms with Gasteiger partial charge >= 0.3 is 7.11 Å². The fourth-order valence-corrected chi connectivity index (χ4v) is 2.30. The maximum atomic E-state index is 12.5. The predicted octanol–water partition coefficient (Wildman–Crippen LogP) is 1.10. The summed E-state index contributed by atoms with van der Waals surface area (Å²) in [5, 5.41) is 0. The van der Waals surface area contributed by atoms with Gasteiger partial charge in [-0.1, -0.05) is 0 Å². The van der Waals surface area contributed by atoms with E-state index in [9.17, 15) is 17.7 Å². The first-order chi connectivity index (χ1) is 5.47. The van der Waals surface area contributed by atoms with Crippen LogP contribution in [0.1, 0.15) is 12.8 Å². The van der Waals surface area contributed by atoms with Crippen LogP contribution in [-0.2, 0) is 4.79 Å². The van der Waals surface area contributed by atoms with Crippen molar-refractivity contribution in [1.29, 1.82) is 0 Å². The maximum Gasteiger partial charge on any atom is 0.740 e. The minimum Gasteiger partial charge on any atom is -0.387 e. The molecule has 2 saturated heterocycles. The van der Waals surface area contributed by atoms with Crippen molar-refractivity contribution in [3.63, 3.8) is 0 Å². The number of quaternary nitrogens is 1.